The van der Waals surface area contributed by atoms with Crippen molar-refractivity contribution in [2.45, 2.75) is 45.9 Å². The van der Waals surface area contributed by atoms with Crippen LogP contribution in [0, 0.1) is 6.92 Å². The molecule has 2 amide bonds. The molecule has 1 aromatic heterocycles. The highest BCUT2D eigenvalue weighted by Crippen LogP contribution is 2.21. The second-order valence-corrected chi connectivity index (χ2v) is 6.51. The quantitative estimate of drug-likeness (QED) is 0.848. The third kappa shape index (κ3) is 5.63. The average molecular weight is 338 g/mol. The summed E-state index contributed by atoms with van der Waals surface area (Å²) in [6.07, 6.45) is -6.42. The first-order valence-electron chi connectivity index (χ1n) is 6.43. The van der Waals surface area contributed by atoms with Crippen molar-refractivity contribution < 1.29 is 27.5 Å². The molecule has 1 aromatic rings. The van der Waals surface area contributed by atoms with Crippen molar-refractivity contribution in [3.63, 3.8) is 0 Å². The molecule has 0 saturated heterocycles. The molecule has 1 rings (SSSR count). The molecule has 9 heteroatoms. The molecule has 0 aliphatic rings. The SMILES string of the molecule is Cc1csc(CCN(C(=O)OC(C)(C)C)C(=O)C(F)(F)F)n1. The molecule has 0 bridgehead atoms. The molecule has 1 heterocycles. The zero-order valence-electron chi connectivity index (χ0n) is 12.7. The fraction of sp³-hybridized carbons (Fsp3) is 0.615. The Labute approximate surface area is 130 Å². The average Bonchev–Trinajstić information content (AvgIpc) is 2.71. The first-order chi connectivity index (χ1) is 9.90. The number of thiazole rings is 1. The number of imide groups is 1. The third-order valence-electron chi connectivity index (χ3n) is 2.32. The predicted octanol–water partition coefficient (Wildman–Crippen LogP) is 3.32. The Balaban J connectivity index is 2.86. The van der Waals surface area contributed by atoms with Crippen LogP contribution in [0.1, 0.15) is 31.5 Å². The van der Waals surface area contributed by atoms with E-state index >= 15 is 0 Å². The highest BCUT2D eigenvalue weighted by atomic mass is 32.1. The van der Waals surface area contributed by atoms with Crippen molar-refractivity contribution in [1.29, 1.82) is 0 Å². The zero-order chi connectivity index (χ0) is 17.1. The summed E-state index contributed by atoms with van der Waals surface area (Å²) in [5.74, 6) is -2.24. The van der Waals surface area contributed by atoms with Gasteiger partial charge in [0.05, 0.1) is 5.01 Å². The largest absolute Gasteiger partial charge is 0.471 e. The number of nitrogens with zero attached hydrogens (tertiary/aromatic N) is 2. The van der Waals surface area contributed by atoms with E-state index in [0.717, 1.165) is 5.69 Å². The van der Waals surface area contributed by atoms with Crippen LogP contribution in [0.3, 0.4) is 0 Å². The number of amides is 2. The minimum Gasteiger partial charge on any atom is -0.443 e. The van der Waals surface area contributed by atoms with Gasteiger partial charge in [-0.05, 0) is 27.7 Å². The number of hydrogen-bond acceptors (Lipinski definition) is 5. The molecule has 0 N–H and O–H groups in total. The minimum absolute atomic E-state index is 0.0412. The van der Waals surface area contributed by atoms with Gasteiger partial charge in [-0.2, -0.15) is 13.2 Å². The van der Waals surface area contributed by atoms with Crippen LogP contribution >= 0.6 is 11.3 Å². The van der Waals surface area contributed by atoms with Gasteiger partial charge in [-0.3, -0.25) is 4.79 Å². The van der Waals surface area contributed by atoms with Crippen LogP contribution in [0.5, 0.6) is 0 Å². The Bertz CT molecular complexity index is 549. The first-order valence-corrected chi connectivity index (χ1v) is 7.31. The lowest BCUT2D eigenvalue weighted by Crippen LogP contribution is -2.47. The maximum absolute atomic E-state index is 12.6. The Hall–Kier alpha value is -1.64. The Morgan fingerprint density at radius 1 is 1.32 bits per heavy atom. The van der Waals surface area contributed by atoms with Gasteiger partial charge in [0.2, 0.25) is 0 Å². The lowest BCUT2D eigenvalue weighted by Gasteiger charge is -2.26. The van der Waals surface area contributed by atoms with E-state index in [2.05, 4.69) is 4.98 Å². The summed E-state index contributed by atoms with van der Waals surface area (Å²) in [7, 11) is 0. The predicted molar refractivity (Wildman–Crippen MR) is 74.6 cm³/mol. The lowest BCUT2D eigenvalue weighted by molar-refractivity contribution is -0.183. The molecular formula is C13H17F3N2O3S. The molecule has 124 valence electrons. The molecule has 0 spiro atoms. The van der Waals surface area contributed by atoms with Crippen LogP contribution in [-0.2, 0) is 16.0 Å². The highest BCUT2D eigenvalue weighted by Gasteiger charge is 2.45. The maximum atomic E-state index is 12.6. The van der Waals surface area contributed by atoms with Crippen LogP contribution < -0.4 is 0 Å². The summed E-state index contributed by atoms with van der Waals surface area (Å²) in [6, 6.07) is 0. The van der Waals surface area contributed by atoms with Gasteiger partial charge in [-0.1, -0.05) is 0 Å². The van der Waals surface area contributed by atoms with Crippen molar-refractivity contribution in [1.82, 2.24) is 9.88 Å². The van der Waals surface area contributed by atoms with Crippen LogP contribution in [-0.4, -0.2) is 40.2 Å². The Morgan fingerprint density at radius 2 is 1.91 bits per heavy atom. The molecule has 0 aromatic carbocycles. The third-order valence-corrected chi connectivity index (χ3v) is 3.34. The van der Waals surface area contributed by atoms with Crippen molar-refractivity contribution in [2.75, 3.05) is 6.54 Å². The monoisotopic (exact) mass is 338 g/mol. The lowest BCUT2D eigenvalue weighted by atomic mass is 10.2. The maximum Gasteiger partial charge on any atom is 0.471 e. The van der Waals surface area contributed by atoms with E-state index in [0.29, 0.717) is 5.01 Å². The van der Waals surface area contributed by atoms with E-state index in [4.69, 9.17) is 4.74 Å². The number of hydrogen-bond donors (Lipinski definition) is 0. The number of ether oxygens (including phenoxy) is 1. The molecule has 5 nitrogen and oxygen atoms in total. The van der Waals surface area contributed by atoms with Gasteiger partial charge < -0.3 is 4.74 Å². The second kappa shape index (κ2) is 6.64. The van der Waals surface area contributed by atoms with Crippen molar-refractivity contribution in [3.05, 3.63) is 16.1 Å². The van der Waals surface area contributed by atoms with Gasteiger partial charge >= 0.3 is 18.2 Å². The summed E-state index contributed by atoms with van der Waals surface area (Å²) in [4.78, 5) is 27.4. The molecule has 0 unspecified atom stereocenters. The summed E-state index contributed by atoms with van der Waals surface area (Å²) in [5, 5.41) is 2.28. The van der Waals surface area contributed by atoms with Crippen LogP contribution in [0.4, 0.5) is 18.0 Å². The number of carbonyl (C=O) groups excluding carboxylic acids is 2. The smallest absolute Gasteiger partial charge is 0.443 e. The number of carbonyl (C=O) groups is 2. The van der Waals surface area contributed by atoms with Gasteiger partial charge in [0.25, 0.3) is 0 Å². The number of halogens is 3. The fourth-order valence-electron chi connectivity index (χ4n) is 1.47. The molecule has 0 aliphatic heterocycles. The van der Waals surface area contributed by atoms with E-state index < -0.39 is 30.3 Å². The van der Waals surface area contributed by atoms with E-state index in [-0.39, 0.29) is 11.3 Å². The number of aryl methyl sites for hydroxylation is 1. The van der Waals surface area contributed by atoms with Gasteiger partial charge in [0.15, 0.2) is 0 Å². The minimum atomic E-state index is -5.14. The van der Waals surface area contributed by atoms with Crippen molar-refractivity contribution in [3.8, 4) is 0 Å². The highest BCUT2D eigenvalue weighted by molar-refractivity contribution is 7.09. The Kier molecular flexibility index (Phi) is 5.55. The standard InChI is InChI=1S/C13H17F3N2O3S/c1-8-7-22-9(17-8)5-6-18(10(19)13(14,15)16)11(20)21-12(2,3)4/h7H,5-6H2,1-4H3. The number of alkyl halides is 3. The van der Waals surface area contributed by atoms with Gasteiger partial charge in [0, 0.05) is 24.0 Å². The summed E-state index contributed by atoms with van der Waals surface area (Å²) in [6.45, 7) is 5.81. The first kappa shape index (κ1) is 18.4. The normalized spacial score (nSPS) is 12.1. The molecule has 0 atom stereocenters. The van der Waals surface area contributed by atoms with E-state index in [9.17, 15) is 22.8 Å². The van der Waals surface area contributed by atoms with Gasteiger partial charge in [-0.15, -0.1) is 11.3 Å². The van der Waals surface area contributed by atoms with Crippen LogP contribution in [0.25, 0.3) is 0 Å². The fourth-order valence-corrected chi connectivity index (χ4v) is 2.24. The molecule has 22 heavy (non-hydrogen) atoms. The van der Waals surface area contributed by atoms with Gasteiger partial charge in [0.1, 0.15) is 5.60 Å². The van der Waals surface area contributed by atoms with Crippen LogP contribution in [0.2, 0.25) is 0 Å². The molecule has 0 radical (unpaired) electrons. The van der Waals surface area contributed by atoms with Crippen molar-refractivity contribution in [2.24, 2.45) is 0 Å². The van der Waals surface area contributed by atoms with E-state index in [1.54, 1.807) is 12.3 Å². The van der Waals surface area contributed by atoms with E-state index in [1.165, 1.54) is 32.1 Å². The molecule has 0 saturated carbocycles. The molecule has 0 fully saturated rings. The topological polar surface area (TPSA) is 59.5 Å². The van der Waals surface area contributed by atoms with Crippen molar-refractivity contribution >= 4 is 23.3 Å². The zero-order valence-corrected chi connectivity index (χ0v) is 13.5. The summed E-state index contributed by atoms with van der Waals surface area (Å²) >= 11 is 1.25. The van der Waals surface area contributed by atoms with E-state index in [1.807, 2.05) is 0 Å². The molecular weight excluding hydrogens is 321 g/mol. The summed E-state index contributed by atoms with van der Waals surface area (Å²) in [5.41, 5.74) is -0.273. The summed E-state index contributed by atoms with van der Waals surface area (Å²) < 4.78 is 42.7. The van der Waals surface area contributed by atoms with Gasteiger partial charge in [-0.25, -0.2) is 14.7 Å². The Morgan fingerprint density at radius 3 is 2.32 bits per heavy atom. The van der Waals surface area contributed by atoms with Crippen LogP contribution in [0.15, 0.2) is 5.38 Å². The molecule has 0 aliphatic carbocycles. The number of aromatic nitrogens is 1. The second-order valence-electron chi connectivity index (χ2n) is 5.57. The number of rotatable bonds is 3.